The second-order valence-corrected chi connectivity index (χ2v) is 13.7. The summed E-state index contributed by atoms with van der Waals surface area (Å²) < 4.78 is 70.7. The number of amides is 1. The van der Waals surface area contributed by atoms with E-state index in [0.29, 0.717) is 43.5 Å². The zero-order chi connectivity index (χ0) is 31.8. The molecule has 0 N–H and O–H groups in total. The topological polar surface area (TPSA) is 80.3 Å². The van der Waals surface area contributed by atoms with E-state index in [2.05, 4.69) is 25.8 Å². The lowest BCUT2D eigenvalue weighted by atomic mass is 9.72. The van der Waals surface area contributed by atoms with Crippen molar-refractivity contribution in [2.24, 2.45) is 5.41 Å². The third-order valence-corrected chi connectivity index (χ3v) is 9.07. The van der Waals surface area contributed by atoms with Crippen LogP contribution in [0.4, 0.5) is 28.2 Å². The Bertz CT molecular complexity index is 1390. The second kappa shape index (κ2) is 12.9. The molecule has 1 spiro atoms. The largest absolute Gasteiger partial charge is 0.484 e. The summed E-state index contributed by atoms with van der Waals surface area (Å²) in [7, 11) is 2.04. The molecular weight excluding hydrogens is 650 g/mol. The average molecular weight is 689 g/mol. The number of benzene rings is 1. The molecule has 0 saturated carbocycles. The Morgan fingerprint density at radius 1 is 1.14 bits per heavy atom. The zero-order valence-electron chi connectivity index (χ0n) is 25.3. The van der Waals surface area contributed by atoms with Gasteiger partial charge in [0.15, 0.2) is 5.75 Å². The number of likely N-dealkylation sites (tertiary alicyclic amines) is 2. The molecule has 4 heterocycles. The summed E-state index contributed by atoms with van der Waals surface area (Å²) in [5, 5.41) is 0.389. The summed E-state index contributed by atoms with van der Waals surface area (Å²) in [5.74, 6) is 0.382. The van der Waals surface area contributed by atoms with E-state index >= 15 is 0 Å². The number of carbonyl (C=O) groups is 1. The maximum absolute atomic E-state index is 13.4. The molecule has 1 aromatic heterocycles. The average Bonchev–Trinajstić information content (AvgIpc) is 2.91. The highest BCUT2D eigenvalue weighted by atomic mass is 79.9. The fraction of sp³-hybridized carbons (Fsp3) is 0.633. The van der Waals surface area contributed by atoms with Crippen LogP contribution >= 0.6 is 15.9 Å². The molecule has 44 heavy (non-hydrogen) atoms. The van der Waals surface area contributed by atoms with E-state index in [-0.39, 0.29) is 44.9 Å². The monoisotopic (exact) mass is 687 g/mol. The summed E-state index contributed by atoms with van der Waals surface area (Å²) in [4.78, 5) is 27.8. The van der Waals surface area contributed by atoms with Gasteiger partial charge in [0.1, 0.15) is 29.6 Å². The number of nitrogens with zero attached hydrogens (tertiary/aromatic N) is 5. The number of alkyl halides is 2. The normalized spacial score (nSPS) is 19.3. The zero-order valence-corrected chi connectivity index (χ0v) is 26.9. The van der Waals surface area contributed by atoms with Crippen LogP contribution in [0.25, 0.3) is 17.0 Å². The predicted molar refractivity (Wildman–Crippen MR) is 162 cm³/mol. The van der Waals surface area contributed by atoms with Gasteiger partial charge in [0.25, 0.3) is 12.5 Å². The smallest absolute Gasteiger partial charge is 0.410 e. The van der Waals surface area contributed by atoms with Crippen molar-refractivity contribution in [3.05, 3.63) is 22.2 Å². The van der Waals surface area contributed by atoms with E-state index in [1.807, 2.05) is 32.7 Å². The molecule has 14 heteroatoms. The first-order valence-electron chi connectivity index (χ1n) is 14.8. The molecule has 3 aliphatic rings. The van der Waals surface area contributed by atoms with Gasteiger partial charge in [-0.15, -0.1) is 0 Å². The molecule has 0 bridgehead atoms. The number of piperidine rings is 2. The summed E-state index contributed by atoms with van der Waals surface area (Å²) >= 11 is 3.29. The van der Waals surface area contributed by atoms with Gasteiger partial charge in [-0.05, 0) is 81.1 Å². The van der Waals surface area contributed by atoms with E-state index in [1.165, 1.54) is 6.07 Å². The molecule has 1 amide bonds. The third kappa shape index (κ3) is 7.49. The SMILES string of the molecule is CN1CCC(Oc2nc(N3CCC4(CC3)CN(C(=O)OC(C)(C)C)C4)c3cc(C=C(F)F)c(Br)c(OCC(F)F)c3n2)CC1. The van der Waals surface area contributed by atoms with Crippen LogP contribution in [0.15, 0.2) is 16.6 Å². The Morgan fingerprint density at radius 3 is 2.39 bits per heavy atom. The van der Waals surface area contributed by atoms with E-state index < -0.39 is 24.7 Å². The highest BCUT2D eigenvalue weighted by Gasteiger charge is 2.48. The highest BCUT2D eigenvalue weighted by molar-refractivity contribution is 9.10. The van der Waals surface area contributed by atoms with Crippen LogP contribution in [-0.4, -0.2) is 96.9 Å². The van der Waals surface area contributed by atoms with Crippen molar-refractivity contribution in [3.8, 4) is 11.8 Å². The van der Waals surface area contributed by atoms with Crippen molar-refractivity contribution in [1.82, 2.24) is 19.8 Å². The highest BCUT2D eigenvalue weighted by Crippen LogP contribution is 2.45. The molecule has 3 aliphatic heterocycles. The Morgan fingerprint density at radius 2 is 1.80 bits per heavy atom. The first kappa shape index (κ1) is 32.5. The first-order valence-corrected chi connectivity index (χ1v) is 15.6. The van der Waals surface area contributed by atoms with E-state index in [0.717, 1.165) is 38.8 Å². The molecule has 0 radical (unpaired) electrons. The number of halogens is 5. The number of hydrogen-bond donors (Lipinski definition) is 0. The van der Waals surface area contributed by atoms with Gasteiger partial charge in [-0.25, -0.2) is 13.6 Å². The van der Waals surface area contributed by atoms with Crippen LogP contribution in [0.5, 0.6) is 11.8 Å². The van der Waals surface area contributed by atoms with Gasteiger partial charge in [-0.1, -0.05) is 0 Å². The first-order chi connectivity index (χ1) is 20.7. The number of hydrogen-bond acceptors (Lipinski definition) is 8. The Balaban J connectivity index is 1.47. The van der Waals surface area contributed by atoms with Gasteiger partial charge in [0.2, 0.25) is 0 Å². The summed E-state index contributed by atoms with van der Waals surface area (Å²) in [5.41, 5.74) is -0.377. The Labute approximate surface area is 262 Å². The lowest BCUT2D eigenvalue weighted by molar-refractivity contribution is -0.0434. The number of carbonyl (C=O) groups excluding carboxylic acids is 1. The van der Waals surface area contributed by atoms with Crippen LogP contribution < -0.4 is 14.4 Å². The number of anilines is 1. The van der Waals surface area contributed by atoms with Crippen molar-refractivity contribution in [2.45, 2.75) is 64.6 Å². The van der Waals surface area contributed by atoms with E-state index in [1.54, 1.807) is 4.90 Å². The van der Waals surface area contributed by atoms with Gasteiger partial charge in [0.05, 0.1) is 4.47 Å². The van der Waals surface area contributed by atoms with Gasteiger partial charge < -0.3 is 28.9 Å². The van der Waals surface area contributed by atoms with Gasteiger partial charge in [-0.2, -0.15) is 18.7 Å². The molecule has 242 valence electrons. The Kier molecular flexibility index (Phi) is 9.50. The quantitative estimate of drug-likeness (QED) is 0.302. The molecule has 0 unspecified atom stereocenters. The summed E-state index contributed by atoms with van der Waals surface area (Å²) in [6, 6.07) is 1.59. The molecule has 0 aliphatic carbocycles. The van der Waals surface area contributed by atoms with Gasteiger partial charge in [-0.3, -0.25) is 0 Å². The number of rotatable bonds is 7. The molecule has 1 aromatic carbocycles. The third-order valence-electron chi connectivity index (χ3n) is 8.26. The maximum Gasteiger partial charge on any atom is 0.410 e. The molecule has 2 aromatic rings. The fourth-order valence-corrected chi connectivity index (χ4v) is 6.50. The van der Waals surface area contributed by atoms with Gasteiger partial charge >= 0.3 is 12.1 Å². The standard InChI is InChI=1S/C30H38BrF4N5O4/c1-29(2,3)44-28(41)40-16-30(17-40)7-11-39(12-8-30)26-20-13-18(14-21(32)33)23(31)25(42-15-22(34)35)24(20)36-27(37-26)43-19-5-9-38(4)10-6-19/h13-14,19,22H,5-12,15-17H2,1-4H3. The Hall–Kier alpha value is -2.87. The summed E-state index contributed by atoms with van der Waals surface area (Å²) in [6.07, 6.45) is -1.48. The van der Waals surface area contributed by atoms with Crippen LogP contribution in [0, 0.1) is 5.41 Å². The van der Waals surface area contributed by atoms with Crippen molar-refractivity contribution in [1.29, 1.82) is 0 Å². The minimum atomic E-state index is -2.79. The fourth-order valence-electron chi connectivity index (χ4n) is 5.97. The van der Waals surface area contributed by atoms with Crippen LogP contribution in [0.3, 0.4) is 0 Å². The van der Waals surface area contributed by atoms with Crippen LogP contribution in [0.2, 0.25) is 0 Å². The predicted octanol–water partition coefficient (Wildman–Crippen LogP) is 6.58. The maximum atomic E-state index is 13.4. The minimum absolute atomic E-state index is 0.0519. The van der Waals surface area contributed by atoms with Crippen molar-refractivity contribution in [2.75, 3.05) is 57.8 Å². The number of fused-ring (bicyclic) bond motifs is 1. The van der Waals surface area contributed by atoms with E-state index in [4.69, 9.17) is 19.2 Å². The molecule has 5 rings (SSSR count). The van der Waals surface area contributed by atoms with Crippen molar-refractivity contribution >= 4 is 44.8 Å². The second-order valence-electron chi connectivity index (χ2n) is 12.9. The summed E-state index contributed by atoms with van der Waals surface area (Å²) in [6.45, 7) is 8.59. The number of aromatic nitrogens is 2. The van der Waals surface area contributed by atoms with Crippen LogP contribution in [-0.2, 0) is 4.74 Å². The lowest BCUT2D eigenvalue weighted by Gasteiger charge is -2.53. The lowest BCUT2D eigenvalue weighted by Crippen LogP contribution is -2.62. The number of ether oxygens (including phenoxy) is 3. The van der Waals surface area contributed by atoms with Crippen LogP contribution in [0.1, 0.15) is 52.0 Å². The molecule has 3 saturated heterocycles. The van der Waals surface area contributed by atoms with E-state index in [9.17, 15) is 22.4 Å². The molecule has 3 fully saturated rings. The molecule has 9 nitrogen and oxygen atoms in total. The van der Waals surface area contributed by atoms with Crippen molar-refractivity contribution in [3.63, 3.8) is 0 Å². The minimum Gasteiger partial charge on any atom is -0.484 e. The molecular formula is C30H38BrF4N5O4. The van der Waals surface area contributed by atoms with Gasteiger partial charge in [0, 0.05) is 56.1 Å². The van der Waals surface area contributed by atoms with Crippen molar-refractivity contribution < 1.29 is 36.6 Å². The molecule has 0 atom stereocenters.